The number of aryl methyl sites for hydroxylation is 2. The van der Waals surface area contributed by atoms with E-state index in [2.05, 4.69) is 39.9 Å². The molecule has 3 rings (SSSR count). The van der Waals surface area contributed by atoms with Gasteiger partial charge in [0.25, 0.3) is 0 Å². The quantitative estimate of drug-likeness (QED) is 0.671. The lowest BCUT2D eigenvalue weighted by Gasteiger charge is -1.95. The van der Waals surface area contributed by atoms with Gasteiger partial charge in [-0.3, -0.25) is 4.68 Å². The molecule has 0 spiro atoms. The van der Waals surface area contributed by atoms with E-state index in [1.54, 1.807) is 0 Å². The van der Waals surface area contributed by atoms with Gasteiger partial charge < -0.3 is 4.40 Å². The Morgan fingerprint density at radius 1 is 1.06 bits per heavy atom. The summed E-state index contributed by atoms with van der Waals surface area (Å²) in [6, 6.07) is 4.11. The third kappa shape index (κ3) is 1.93. The number of rotatable bonds is 2. The molecule has 0 N–H and O–H groups in total. The highest BCUT2D eigenvalue weighted by Crippen LogP contribution is 2.08. The summed E-state index contributed by atoms with van der Waals surface area (Å²) in [5, 5.41) is 4.27. The van der Waals surface area contributed by atoms with Crippen LogP contribution in [0.3, 0.4) is 0 Å². The third-order valence-corrected chi connectivity index (χ3v) is 2.74. The van der Waals surface area contributed by atoms with Crippen LogP contribution in [0.25, 0.3) is 5.65 Å². The fraction of sp³-hybridized carbons (Fsp3) is 0.231. The minimum absolute atomic E-state index is 0.717. The standard InChI is InChI=1S/C13H14N4/c1-10-3-4-13-15-12(8-16(13)6-10)9-17-7-11(2)5-14-17/h3-8H,9H2,1-2H3. The molecule has 0 aliphatic carbocycles. The van der Waals surface area contributed by atoms with E-state index in [1.807, 2.05) is 30.1 Å². The molecule has 0 unspecified atom stereocenters. The topological polar surface area (TPSA) is 35.1 Å². The molecule has 0 bridgehead atoms. The Labute approximate surface area is 99.5 Å². The van der Waals surface area contributed by atoms with Gasteiger partial charge in [0.05, 0.1) is 18.4 Å². The van der Waals surface area contributed by atoms with Crippen LogP contribution in [0.2, 0.25) is 0 Å². The first kappa shape index (κ1) is 10.1. The molecule has 0 radical (unpaired) electrons. The maximum Gasteiger partial charge on any atom is 0.137 e. The largest absolute Gasteiger partial charge is 0.306 e. The minimum Gasteiger partial charge on any atom is -0.306 e. The van der Waals surface area contributed by atoms with Crippen LogP contribution in [-0.4, -0.2) is 19.2 Å². The molecule has 0 atom stereocenters. The van der Waals surface area contributed by atoms with Gasteiger partial charge in [0.2, 0.25) is 0 Å². The van der Waals surface area contributed by atoms with Crippen LogP contribution in [-0.2, 0) is 6.54 Å². The molecule has 3 aromatic heterocycles. The van der Waals surface area contributed by atoms with Gasteiger partial charge in [0, 0.05) is 18.6 Å². The Morgan fingerprint density at radius 3 is 2.71 bits per heavy atom. The average molecular weight is 226 g/mol. The van der Waals surface area contributed by atoms with Crippen molar-refractivity contribution in [3.8, 4) is 0 Å². The Balaban J connectivity index is 1.95. The lowest BCUT2D eigenvalue weighted by atomic mass is 10.3. The zero-order valence-electron chi connectivity index (χ0n) is 9.96. The zero-order chi connectivity index (χ0) is 11.8. The molecule has 0 aliphatic rings. The molecule has 86 valence electrons. The van der Waals surface area contributed by atoms with Crippen LogP contribution < -0.4 is 0 Å². The van der Waals surface area contributed by atoms with Crippen molar-refractivity contribution in [2.24, 2.45) is 0 Å². The van der Waals surface area contributed by atoms with E-state index < -0.39 is 0 Å². The number of fused-ring (bicyclic) bond motifs is 1. The molecular weight excluding hydrogens is 212 g/mol. The van der Waals surface area contributed by atoms with E-state index in [0.29, 0.717) is 6.54 Å². The van der Waals surface area contributed by atoms with Crippen LogP contribution in [0.4, 0.5) is 0 Å². The third-order valence-electron chi connectivity index (χ3n) is 2.74. The first-order chi connectivity index (χ1) is 8.20. The van der Waals surface area contributed by atoms with Crippen LogP contribution in [0.5, 0.6) is 0 Å². The second kappa shape index (κ2) is 3.73. The number of aromatic nitrogens is 4. The summed E-state index contributed by atoms with van der Waals surface area (Å²) in [7, 11) is 0. The highest BCUT2D eigenvalue weighted by molar-refractivity contribution is 5.41. The number of pyridine rings is 1. The molecule has 17 heavy (non-hydrogen) atoms. The maximum atomic E-state index is 4.56. The Kier molecular flexibility index (Phi) is 2.21. The lowest BCUT2D eigenvalue weighted by molar-refractivity contribution is 0.675. The number of hydrogen-bond donors (Lipinski definition) is 0. The van der Waals surface area contributed by atoms with Crippen LogP contribution in [0.15, 0.2) is 36.9 Å². The molecule has 3 aromatic rings. The van der Waals surface area contributed by atoms with Crippen molar-refractivity contribution in [2.45, 2.75) is 20.4 Å². The molecule has 0 amide bonds. The summed E-state index contributed by atoms with van der Waals surface area (Å²) in [5.41, 5.74) is 4.41. The van der Waals surface area contributed by atoms with Gasteiger partial charge >= 0.3 is 0 Å². The summed E-state index contributed by atoms with van der Waals surface area (Å²) in [6.07, 6.45) is 8.02. The summed E-state index contributed by atoms with van der Waals surface area (Å²) in [5.74, 6) is 0. The van der Waals surface area contributed by atoms with E-state index in [-0.39, 0.29) is 0 Å². The van der Waals surface area contributed by atoms with Gasteiger partial charge in [-0.2, -0.15) is 5.10 Å². The van der Waals surface area contributed by atoms with Crippen molar-refractivity contribution in [2.75, 3.05) is 0 Å². The van der Waals surface area contributed by atoms with Gasteiger partial charge in [-0.1, -0.05) is 6.07 Å². The lowest BCUT2D eigenvalue weighted by Crippen LogP contribution is -1.99. The Bertz CT molecular complexity index is 663. The molecule has 0 aliphatic heterocycles. The van der Waals surface area contributed by atoms with Crippen molar-refractivity contribution >= 4 is 5.65 Å². The summed E-state index contributed by atoms with van der Waals surface area (Å²) in [6.45, 7) is 4.83. The Hall–Kier alpha value is -2.10. The van der Waals surface area contributed by atoms with Crippen LogP contribution in [0, 0.1) is 13.8 Å². The second-order valence-electron chi connectivity index (χ2n) is 4.42. The van der Waals surface area contributed by atoms with Crippen molar-refractivity contribution < 1.29 is 0 Å². The first-order valence-electron chi connectivity index (χ1n) is 5.64. The summed E-state index contributed by atoms with van der Waals surface area (Å²) >= 11 is 0. The molecule has 0 saturated heterocycles. The zero-order valence-corrected chi connectivity index (χ0v) is 9.96. The highest BCUT2D eigenvalue weighted by Gasteiger charge is 2.03. The first-order valence-corrected chi connectivity index (χ1v) is 5.64. The molecule has 0 fully saturated rings. The fourth-order valence-electron chi connectivity index (χ4n) is 1.95. The predicted molar refractivity (Wildman–Crippen MR) is 66.0 cm³/mol. The van der Waals surface area contributed by atoms with E-state index >= 15 is 0 Å². The van der Waals surface area contributed by atoms with E-state index in [0.717, 1.165) is 11.3 Å². The van der Waals surface area contributed by atoms with Crippen LogP contribution >= 0.6 is 0 Å². The van der Waals surface area contributed by atoms with E-state index in [1.165, 1.54) is 11.1 Å². The van der Waals surface area contributed by atoms with Gasteiger partial charge in [-0.25, -0.2) is 4.98 Å². The number of hydrogen-bond acceptors (Lipinski definition) is 2. The smallest absolute Gasteiger partial charge is 0.137 e. The number of imidazole rings is 1. The van der Waals surface area contributed by atoms with Gasteiger partial charge in [0.15, 0.2) is 0 Å². The van der Waals surface area contributed by atoms with E-state index in [9.17, 15) is 0 Å². The summed E-state index contributed by atoms with van der Waals surface area (Å²) < 4.78 is 3.96. The van der Waals surface area contributed by atoms with E-state index in [4.69, 9.17) is 0 Å². The van der Waals surface area contributed by atoms with Crippen molar-refractivity contribution in [1.29, 1.82) is 0 Å². The van der Waals surface area contributed by atoms with Crippen molar-refractivity contribution in [3.05, 3.63) is 53.7 Å². The maximum absolute atomic E-state index is 4.56. The average Bonchev–Trinajstić information content (AvgIpc) is 2.84. The minimum atomic E-state index is 0.717. The molecule has 0 saturated carbocycles. The number of nitrogens with zero attached hydrogens (tertiary/aromatic N) is 4. The second-order valence-corrected chi connectivity index (χ2v) is 4.42. The molecular formula is C13H14N4. The normalized spacial score (nSPS) is 11.2. The molecule has 4 nitrogen and oxygen atoms in total. The molecule has 4 heteroatoms. The van der Waals surface area contributed by atoms with Gasteiger partial charge in [0.1, 0.15) is 5.65 Å². The van der Waals surface area contributed by atoms with Gasteiger partial charge in [-0.15, -0.1) is 0 Å². The van der Waals surface area contributed by atoms with Crippen molar-refractivity contribution in [1.82, 2.24) is 19.2 Å². The van der Waals surface area contributed by atoms with Gasteiger partial charge in [-0.05, 0) is 31.0 Å². The highest BCUT2D eigenvalue weighted by atomic mass is 15.3. The Morgan fingerprint density at radius 2 is 1.94 bits per heavy atom. The predicted octanol–water partition coefficient (Wildman–Crippen LogP) is 2.20. The monoisotopic (exact) mass is 226 g/mol. The molecule has 3 heterocycles. The van der Waals surface area contributed by atoms with Crippen molar-refractivity contribution in [3.63, 3.8) is 0 Å². The SMILES string of the molecule is Cc1cnn(Cc2cn3cc(C)ccc3n2)c1. The molecule has 0 aromatic carbocycles. The van der Waals surface area contributed by atoms with Crippen LogP contribution in [0.1, 0.15) is 16.8 Å². The summed E-state index contributed by atoms with van der Waals surface area (Å²) in [4.78, 5) is 4.56. The fourth-order valence-corrected chi connectivity index (χ4v) is 1.95.